The summed E-state index contributed by atoms with van der Waals surface area (Å²) in [5.74, 6) is 0.493. The molecule has 10 nitrogen and oxygen atoms in total. The van der Waals surface area contributed by atoms with Crippen molar-refractivity contribution in [3.63, 3.8) is 0 Å². The molecule has 0 fully saturated rings. The van der Waals surface area contributed by atoms with E-state index in [2.05, 4.69) is 20.3 Å². The van der Waals surface area contributed by atoms with Crippen LogP contribution in [0.2, 0.25) is 10.0 Å². The van der Waals surface area contributed by atoms with Crippen LogP contribution in [0.3, 0.4) is 0 Å². The van der Waals surface area contributed by atoms with Crippen LogP contribution in [0.1, 0.15) is 21.6 Å². The van der Waals surface area contributed by atoms with E-state index in [1.807, 2.05) is 4.90 Å². The minimum atomic E-state index is -4.42. The quantitative estimate of drug-likeness (QED) is 0.271. The number of hydrogen-bond acceptors (Lipinski definition) is 8. The van der Waals surface area contributed by atoms with Gasteiger partial charge in [-0.15, -0.1) is 11.3 Å². The van der Waals surface area contributed by atoms with Crippen molar-refractivity contribution in [3.05, 3.63) is 75.0 Å². The second kappa shape index (κ2) is 11.2. The van der Waals surface area contributed by atoms with Crippen LogP contribution in [-0.2, 0) is 24.1 Å². The Labute approximate surface area is 256 Å². The van der Waals surface area contributed by atoms with Gasteiger partial charge in [0, 0.05) is 24.5 Å². The predicted molar refractivity (Wildman–Crippen MR) is 156 cm³/mol. The van der Waals surface area contributed by atoms with Crippen LogP contribution in [0.25, 0.3) is 11.3 Å². The Morgan fingerprint density at radius 1 is 1.16 bits per heavy atom. The van der Waals surface area contributed by atoms with Crippen LogP contribution < -0.4 is 15.0 Å². The molecule has 0 atom stereocenters. The maximum atomic E-state index is 12.9. The number of alkyl halides is 3. The number of rotatable bonds is 7. The lowest BCUT2D eigenvalue weighted by Crippen LogP contribution is -2.48. The van der Waals surface area contributed by atoms with Gasteiger partial charge < -0.3 is 14.6 Å². The zero-order valence-corrected chi connectivity index (χ0v) is 24.5. The summed E-state index contributed by atoms with van der Waals surface area (Å²) < 4.78 is 45.6. The zero-order valence-electron chi connectivity index (χ0n) is 22.2. The highest BCUT2D eigenvalue weighted by Gasteiger charge is 2.39. The van der Waals surface area contributed by atoms with Crippen molar-refractivity contribution in [2.24, 2.45) is 4.99 Å². The van der Waals surface area contributed by atoms with Crippen molar-refractivity contribution >= 4 is 63.3 Å². The zero-order chi connectivity index (χ0) is 30.5. The van der Waals surface area contributed by atoms with Gasteiger partial charge in [-0.25, -0.2) is 9.97 Å². The standard InChI is InChI=1S/C27H20Cl2F3N7O3S/c1-37-24(41)21-23(39-7-6-33-26(37)39)34-13-38(21)10-20(40)36-25-35-19(12-43-25)15-8-17(28)22(18(29)9-15)42-11-14-2-4-16(5-3-14)27(30,31)32/h2-5,8-9,12-13H,6-7,10-11H2,1H3,(H,35,36,40). The number of aromatic nitrogens is 3. The number of carbonyl (C=O) groups excluding carboxylic acids is 2. The number of hydrogen-bond donors (Lipinski definition) is 1. The van der Waals surface area contributed by atoms with Crippen LogP contribution in [-0.4, -0.2) is 57.3 Å². The molecule has 2 aliphatic heterocycles. The van der Waals surface area contributed by atoms with Gasteiger partial charge in [-0.3, -0.25) is 24.4 Å². The van der Waals surface area contributed by atoms with E-state index in [-0.39, 0.29) is 34.9 Å². The molecule has 4 heterocycles. The van der Waals surface area contributed by atoms with Crippen molar-refractivity contribution in [3.8, 4) is 17.0 Å². The van der Waals surface area contributed by atoms with Crippen LogP contribution in [0, 0.1) is 0 Å². The molecule has 0 radical (unpaired) electrons. The average molecular weight is 650 g/mol. The number of amides is 2. The number of imidazole rings is 1. The molecule has 2 amide bonds. The lowest BCUT2D eigenvalue weighted by molar-refractivity contribution is -0.137. The fraction of sp³-hybridized carbons (Fsp3) is 0.222. The summed E-state index contributed by atoms with van der Waals surface area (Å²) in [6.07, 6.45) is -2.97. The molecule has 0 unspecified atom stereocenters. The van der Waals surface area contributed by atoms with Gasteiger partial charge in [-0.2, -0.15) is 13.2 Å². The fourth-order valence-electron chi connectivity index (χ4n) is 4.65. The molecule has 0 bridgehead atoms. The summed E-state index contributed by atoms with van der Waals surface area (Å²) in [5.41, 5.74) is 1.12. The van der Waals surface area contributed by atoms with Gasteiger partial charge >= 0.3 is 6.18 Å². The molecule has 0 saturated carbocycles. The summed E-state index contributed by atoms with van der Waals surface area (Å²) in [5, 5.41) is 5.13. The first-order chi connectivity index (χ1) is 20.5. The van der Waals surface area contributed by atoms with Gasteiger partial charge in [0.25, 0.3) is 5.91 Å². The van der Waals surface area contributed by atoms with E-state index in [0.29, 0.717) is 52.5 Å². The third-order valence-electron chi connectivity index (χ3n) is 6.72. The van der Waals surface area contributed by atoms with Gasteiger partial charge in [0.15, 0.2) is 22.4 Å². The van der Waals surface area contributed by atoms with Crippen molar-refractivity contribution < 1.29 is 27.5 Å². The van der Waals surface area contributed by atoms with E-state index in [0.717, 1.165) is 12.1 Å². The normalized spacial score (nSPS) is 14.5. The number of guanidine groups is 1. The van der Waals surface area contributed by atoms with Crippen LogP contribution in [0.4, 0.5) is 24.1 Å². The minimum absolute atomic E-state index is 0.0431. The lowest BCUT2D eigenvalue weighted by Gasteiger charge is -2.30. The van der Waals surface area contributed by atoms with Gasteiger partial charge in [0.2, 0.25) is 11.9 Å². The highest BCUT2D eigenvalue weighted by Crippen LogP contribution is 2.39. The van der Waals surface area contributed by atoms with Crippen LogP contribution >= 0.6 is 34.5 Å². The molecule has 2 aromatic carbocycles. The van der Waals surface area contributed by atoms with Gasteiger partial charge in [-0.05, 0) is 29.8 Å². The summed E-state index contributed by atoms with van der Waals surface area (Å²) >= 11 is 14.0. The van der Waals surface area contributed by atoms with E-state index in [4.69, 9.17) is 27.9 Å². The molecule has 0 spiro atoms. The summed E-state index contributed by atoms with van der Waals surface area (Å²) in [6, 6.07) is 7.77. The van der Waals surface area contributed by atoms with Crippen LogP contribution in [0.15, 0.2) is 53.1 Å². The number of nitrogens with zero attached hydrogens (tertiary/aromatic N) is 6. The molecule has 2 aliphatic rings. The number of aliphatic imine (C=N–C) groups is 1. The third kappa shape index (κ3) is 5.65. The Morgan fingerprint density at radius 3 is 2.58 bits per heavy atom. The molecule has 1 N–H and O–H groups in total. The maximum Gasteiger partial charge on any atom is 0.416 e. The van der Waals surface area contributed by atoms with E-state index in [9.17, 15) is 22.8 Å². The number of nitrogens with one attached hydrogen (secondary N) is 1. The Morgan fingerprint density at radius 2 is 1.88 bits per heavy atom. The number of thiazole rings is 1. The molecule has 222 valence electrons. The summed E-state index contributed by atoms with van der Waals surface area (Å²) in [4.78, 5) is 42.2. The molecular weight excluding hydrogens is 630 g/mol. The van der Waals surface area contributed by atoms with E-state index in [1.165, 1.54) is 39.3 Å². The molecule has 43 heavy (non-hydrogen) atoms. The van der Waals surface area contributed by atoms with Gasteiger partial charge in [0.05, 0.1) is 34.2 Å². The molecule has 16 heteroatoms. The molecule has 0 saturated heterocycles. The molecule has 4 aromatic rings. The van der Waals surface area contributed by atoms with Gasteiger partial charge in [0.1, 0.15) is 13.2 Å². The van der Waals surface area contributed by atoms with Crippen molar-refractivity contribution in [2.45, 2.75) is 19.3 Å². The smallest absolute Gasteiger partial charge is 0.416 e. The number of halogens is 5. The lowest BCUT2D eigenvalue weighted by atomic mass is 10.1. The number of benzene rings is 2. The molecule has 6 rings (SSSR count). The predicted octanol–water partition coefficient (Wildman–Crippen LogP) is 5.81. The minimum Gasteiger partial charge on any atom is -0.486 e. The Balaban J connectivity index is 1.11. The summed E-state index contributed by atoms with van der Waals surface area (Å²) in [6.45, 7) is 0.963. The highest BCUT2D eigenvalue weighted by atomic mass is 35.5. The second-order valence-corrected chi connectivity index (χ2v) is 11.3. The van der Waals surface area contributed by atoms with Gasteiger partial charge in [-0.1, -0.05) is 35.3 Å². The fourth-order valence-corrected chi connectivity index (χ4v) is 5.98. The summed E-state index contributed by atoms with van der Waals surface area (Å²) in [7, 11) is 1.63. The topological polar surface area (TPSA) is 105 Å². The Kier molecular flexibility index (Phi) is 7.52. The molecular formula is C27H20Cl2F3N7O3S. The monoisotopic (exact) mass is 649 g/mol. The Hall–Kier alpha value is -4.14. The molecule has 2 aromatic heterocycles. The Bertz CT molecular complexity index is 1750. The van der Waals surface area contributed by atoms with Crippen LogP contribution in [0.5, 0.6) is 5.75 Å². The van der Waals surface area contributed by atoms with E-state index in [1.54, 1.807) is 24.6 Å². The first-order valence-electron chi connectivity index (χ1n) is 12.7. The first-order valence-corrected chi connectivity index (χ1v) is 14.3. The highest BCUT2D eigenvalue weighted by molar-refractivity contribution is 7.14. The van der Waals surface area contributed by atoms with E-state index >= 15 is 0 Å². The van der Waals surface area contributed by atoms with Crippen molar-refractivity contribution in [2.75, 3.05) is 30.4 Å². The first kappa shape index (κ1) is 29.0. The van der Waals surface area contributed by atoms with E-state index < -0.39 is 17.6 Å². The SMILES string of the molecule is CN1C(=O)c2c(ncn2CC(=O)Nc2nc(-c3cc(Cl)c(OCc4ccc(C(F)(F)F)cc4)c(Cl)c3)cs2)N2CCN=C12. The number of anilines is 2. The van der Waals surface area contributed by atoms with Crippen molar-refractivity contribution in [1.29, 1.82) is 0 Å². The number of fused-ring (bicyclic) bond motifs is 3. The van der Waals surface area contributed by atoms with Crippen molar-refractivity contribution in [1.82, 2.24) is 19.4 Å². The molecule has 0 aliphatic carbocycles. The maximum absolute atomic E-state index is 12.9. The largest absolute Gasteiger partial charge is 0.486 e. The number of ether oxygens (including phenoxy) is 1. The number of carbonyl (C=O) groups is 2. The average Bonchev–Trinajstić information content (AvgIpc) is 3.71. The third-order valence-corrected chi connectivity index (χ3v) is 8.04. The second-order valence-electron chi connectivity index (χ2n) is 9.58.